The molecule has 28 heavy (non-hydrogen) atoms. The molecular formula is C22H26N2O4. The monoisotopic (exact) mass is 382 g/mol. The number of carboxylic acid groups (broad SMARTS) is 1. The zero-order valence-corrected chi connectivity index (χ0v) is 16.5. The van der Waals surface area contributed by atoms with E-state index in [-0.39, 0.29) is 17.6 Å². The average Bonchev–Trinajstić information content (AvgIpc) is 2.67. The van der Waals surface area contributed by atoms with Gasteiger partial charge >= 0.3 is 12.1 Å². The van der Waals surface area contributed by atoms with Crippen molar-refractivity contribution < 1.29 is 19.4 Å². The standard InChI is InChI=1S/C22H26N2O4/c1-22(2,3)28-21(27)24-11-5-8-18(14-24)19-10-9-17(13-23-19)15-6-4-7-16(12-15)20(25)26/h4,6-7,9-10,12-13,18H,5,8,11,14H2,1-3H3,(H,25,26)/t18-/m1/s1. The van der Waals surface area contributed by atoms with E-state index in [9.17, 15) is 9.59 Å². The van der Waals surface area contributed by atoms with Crippen LogP contribution in [0.3, 0.4) is 0 Å². The van der Waals surface area contributed by atoms with E-state index in [1.54, 1.807) is 29.3 Å². The summed E-state index contributed by atoms with van der Waals surface area (Å²) in [5.41, 5.74) is 2.37. The lowest BCUT2D eigenvalue weighted by atomic mass is 9.94. The third-order valence-corrected chi connectivity index (χ3v) is 4.72. The molecule has 1 N–H and O–H groups in total. The Balaban J connectivity index is 1.72. The van der Waals surface area contributed by atoms with E-state index in [2.05, 4.69) is 4.98 Å². The molecule has 1 aliphatic rings. The molecule has 0 aliphatic carbocycles. The second-order valence-electron chi connectivity index (χ2n) is 8.12. The highest BCUT2D eigenvalue weighted by atomic mass is 16.6. The van der Waals surface area contributed by atoms with Crippen LogP contribution in [0.5, 0.6) is 0 Å². The van der Waals surface area contributed by atoms with E-state index in [4.69, 9.17) is 9.84 Å². The van der Waals surface area contributed by atoms with Crippen molar-refractivity contribution in [1.82, 2.24) is 9.88 Å². The number of hydrogen-bond acceptors (Lipinski definition) is 4. The van der Waals surface area contributed by atoms with Gasteiger partial charge in [0.2, 0.25) is 0 Å². The average molecular weight is 382 g/mol. The van der Waals surface area contributed by atoms with Gasteiger partial charge in [0.1, 0.15) is 5.60 Å². The number of benzene rings is 1. The molecule has 1 aliphatic heterocycles. The zero-order valence-electron chi connectivity index (χ0n) is 16.5. The fraction of sp³-hybridized carbons (Fsp3) is 0.409. The Hall–Kier alpha value is -2.89. The SMILES string of the molecule is CC(C)(C)OC(=O)N1CCC[C@@H](c2ccc(-c3cccc(C(=O)O)c3)cn2)C1. The number of likely N-dealkylation sites (tertiary alicyclic amines) is 1. The van der Waals surface area contributed by atoms with E-state index >= 15 is 0 Å². The van der Waals surface area contributed by atoms with E-state index < -0.39 is 11.6 Å². The number of hydrogen-bond donors (Lipinski definition) is 1. The number of ether oxygens (including phenoxy) is 1. The van der Waals surface area contributed by atoms with E-state index in [1.165, 1.54) is 0 Å². The summed E-state index contributed by atoms with van der Waals surface area (Å²) in [5, 5.41) is 9.15. The second kappa shape index (κ2) is 8.00. The van der Waals surface area contributed by atoms with Crippen LogP contribution in [0.15, 0.2) is 42.6 Å². The number of nitrogens with zero attached hydrogens (tertiary/aromatic N) is 2. The minimum absolute atomic E-state index is 0.167. The third kappa shape index (κ3) is 4.88. The summed E-state index contributed by atoms with van der Waals surface area (Å²) < 4.78 is 5.49. The van der Waals surface area contributed by atoms with Gasteiger partial charge in [-0.15, -0.1) is 0 Å². The van der Waals surface area contributed by atoms with Crippen molar-refractivity contribution in [1.29, 1.82) is 0 Å². The van der Waals surface area contributed by atoms with Crippen LogP contribution in [-0.2, 0) is 4.74 Å². The maximum Gasteiger partial charge on any atom is 0.410 e. The van der Waals surface area contributed by atoms with Crippen LogP contribution in [0, 0.1) is 0 Å². The summed E-state index contributed by atoms with van der Waals surface area (Å²) >= 11 is 0. The first-order chi connectivity index (χ1) is 13.2. The van der Waals surface area contributed by atoms with Gasteiger partial charge in [-0.25, -0.2) is 9.59 Å². The number of carbonyl (C=O) groups excluding carboxylic acids is 1. The predicted molar refractivity (Wildman–Crippen MR) is 106 cm³/mol. The van der Waals surface area contributed by atoms with Crippen LogP contribution in [0.4, 0.5) is 4.79 Å². The van der Waals surface area contributed by atoms with Gasteiger partial charge in [-0.05, 0) is 57.4 Å². The molecule has 0 unspecified atom stereocenters. The molecule has 0 saturated carbocycles. The number of carboxylic acids is 1. The number of aromatic nitrogens is 1. The quantitative estimate of drug-likeness (QED) is 0.842. The van der Waals surface area contributed by atoms with Crippen molar-refractivity contribution in [3.05, 3.63) is 53.9 Å². The van der Waals surface area contributed by atoms with Gasteiger partial charge in [0.05, 0.1) is 5.56 Å². The fourth-order valence-electron chi connectivity index (χ4n) is 3.36. The van der Waals surface area contributed by atoms with Crippen molar-refractivity contribution in [3.8, 4) is 11.1 Å². The second-order valence-corrected chi connectivity index (χ2v) is 8.12. The topological polar surface area (TPSA) is 79.7 Å². The van der Waals surface area contributed by atoms with Gasteiger partial charge in [-0.1, -0.05) is 18.2 Å². The Morgan fingerprint density at radius 1 is 1.18 bits per heavy atom. The Morgan fingerprint density at radius 3 is 2.61 bits per heavy atom. The lowest BCUT2D eigenvalue weighted by Crippen LogP contribution is -2.42. The summed E-state index contributed by atoms with van der Waals surface area (Å²) in [5.74, 6) is -0.781. The van der Waals surface area contributed by atoms with Gasteiger partial charge < -0.3 is 14.7 Å². The highest BCUT2D eigenvalue weighted by molar-refractivity contribution is 5.89. The normalized spacial score (nSPS) is 17.2. The number of rotatable bonds is 3. The number of pyridine rings is 1. The van der Waals surface area contributed by atoms with Crippen molar-refractivity contribution in [2.45, 2.75) is 45.1 Å². The first kappa shape index (κ1) is 19.9. The molecule has 148 valence electrons. The van der Waals surface area contributed by atoms with Gasteiger partial charge in [-0.3, -0.25) is 4.98 Å². The first-order valence-corrected chi connectivity index (χ1v) is 9.50. The molecule has 1 fully saturated rings. The highest BCUT2D eigenvalue weighted by Gasteiger charge is 2.28. The molecule has 1 aromatic heterocycles. The van der Waals surface area contributed by atoms with Crippen LogP contribution in [0.1, 0.15) is 55.6 Å². The molecule has 1 saturated heterocycles. The third-order valence-electron chi connectivity index (χ3n) is 4.72. The molecule has 0 bridgehead atoms. The van der Waals surface area contributed by atoms with Crippen LogP contribution in [-0.4, -0.2) is 45.7 Å². The maximum atomic E-state index is 12.4. The summed E-state index contributed by atoms with van der Waals surface area (Å²) in [7, 11) is 0. The molecule has 6 heteroatoms. The molecule has 2 aromatic rings. The van der Waals surface area contributed by atoms with Gasteiger partial charge in [-0.2, -0.15) is 0 Å². The Bertz CT molecular complexity index is 856. The smallest absolute Gasteiger partial charge is 0.410 e. The lowest BCUT2D eigenvalue weighted by molar-refractivity contribution is 0.0197. The molecule has 0 spiro atoms. The Kier molecular flexibility index (Phi) is 5.68. The molecule has 6 nitrogen and oxygen atoms in total. The van der Waals surface area contributed by atoms with E-state index in [0.29, 0.717) is 13.1 Å². The molecule has 1 amide bonds. The first-order valence-electron chi connectivity index (χ1n) is 9.50. The van der Waals surface area contributed by atoms with Crippen molar-refractivity contribution >= 4 is 12.1 Å². The van der Waals surface area contributed by atoms with Crippen LogP contribution in [0.2, 0.25) is 0 Å². The Morgan fingerprint density at radius 2 is 1.96 bits per heavy atom. The summed E-state index contributed by atoms with van der Waals surface area (Å²) in [6.45, 7) is 6.89. The van der Waals surface area contributed by atoms with E-state index in [1.807, 2.05) is 39.0 Å². The number of piperidine rings is 1. The maximum absolute atomic E-state index is 12.4. The number of aromatic carboxylic acids is 1. The molecule has 2 heterocycles. The van der Waals surface area contributed by atoms with Crippen LogP contribution >= 0.6 is 0 Å². The summed E-state index contributed by atoms with van der Waals surface area (Å²) in [6, 6.07) is 10.7. The van der Waals surface area contributed by atoms with Crippen LogP contribution in [0.25, 0.3) is 11.1 Å². The minimum atomic E-state index is -0.948. The summed E-state index contributed by atoms with van der Waals surface area (Å²) in [4.78, 5) is 29.9. The van der Waals surface area contributed by atoms with Gasteiger partial charge in [0.25, 0.3) is 0 Å². The predicted octanol–water partition coefficient (Wildman–Crippen LogP) is 4.56. The van der Waals surface area contributed by atoms with E-state index in [0.717, 1.165) is 29.7 Å². The molecule has 1 aromatic carbocycles. The van der Waals surface area contributed by atoms with Gasteiger partial charge in [0.15, 0.2) is 0 Å². The molecule has 0 radical (unpaired) electrons. The van der Waals surface area contributed by atoms with Crippen molar-refractivity contribution in [3.63, 3.8) is 0 Å². The number of amides is 1. The molecule has 1 atom stereocenters. The number of carbonyl (C=O) groups is 2. The molecular weight excluding hydrogens is 356 g/mol. The fourth-order valence-corrected chi connectivity index (χ4v) is 3.36. The van der Waals surface area contributed by atoms with Gasteiger partial charge in [0, 0.05) is 36.5 Å². The van der Waals surface area contributed by atoms with Crippen LogP contribution < -0.4 is 0 Å². The Labute approximate surface area is 165 Å². The van der Waals surface area contributed by atoms with Crippen molar-refractivity contribution in [2.24, 2.45) is 0 Å². The van der Waals surface area contributed by atoms with Crippen molar-refractivity contribution in [2.75, 3.05) is 13.1 Å². The molecule has 3 rings (SSSR count). The summed E-state index contributed by atoms with van der Waals surface area (Å²) in [6.07, 6.45) is 3.37. The lowest BCUT2D eigenvalue weighted by Gasteiger charge is -2.34. The largest absolute Gasteiger partial charge is 0.478 e. The minimum Gasteiger partial charge on any atom is -0.478 e. The zero-order chi connectivity index (χ0) is 20.3. The highest BCUT2D eigenvalue weighted by Crippen LogP contribution is 2.28.